The van der Waals surface area contributed by atoms with Crippen LogP contribution in [0.4, 0.5) is 5.82 Å². The van der Waals surface area contributed by atoms with Crippen LogP contribution in [0.5, 0.6) is 5.88 Å². The number of hydrogen-bond donors (Lipinski definition) is 2. The number of nitrogens with zero attached hydrogens (tertiary/aromatic N) is 2. The topological polar surface area (TPSA) is 84.3 Å². The molecule has 104 valence electrons. The fourth-order valence-corrected chi connectivity index (χ4v) is 1.73. The fourth-order valence-electron chi connectivity index (χ4n) is 1.73. The molecule has 0 aliphatic rings. The van der Waals surface area contributed by atoms with Gasteiger partial charge in [-0.25, -0.2) is 14.8 Å². The van der Waals surface area contributed by atoms with E-state index in [2.05, 4.69) is 15.3 Å². The molecule has 0 fully saturated rings. The molecule has 0 saturated heterocycles. The molecule has 1 atom stereocenters. The van der Waals surface area contributed by atoms with E-state index in [1.807, 2.05) is 13.0 Å². The maximum atomic E-state index is 11.4. The highest BCUT2D eigenvalue weighted by Gasteiger charge is 2.19. The summed E-state index contributed by atoms with van der Waals surface area (Å²) in [4.78, 5) is 19.3. The van der Waals surface area contributed by atoms with E-state index >= 15 is 0 Å². The second kappa shape index (κ2) is 6.51. The summed E-state index contributed by atoms with van der Waals surface area (Å²) in [6.07, 6.45) is 1.33. The Morgan fingerprint density at radius 2 is 2.10 bits per heavy atom. The Labute approximate surface area is 116 Å². The number of aromatic nitrogens is 2. The van der Waals surface area contributed by atoms with Crippen LogP contribution in [0.25, 0.3) is 0 Å². The third-order valence-corrected chi connectivity index (χ3v) is 2.61. The summed E-state index contributed by atoms with van der Waals surface area (Å²) in [5.41, 5.74) is 0.650. The van der Waals surface area contributed by atoms with E-state index in [0.29, 0.717) is 23.9 Å². The molecule has 0 amide bonds. The van der Waals surface area contributed by atoms with Crippen molar-refractivity contribution in [1.82, 2.24) is 9.97 Å². The fraction of sp³-hybridized carbons (Fsp3) is 0.214. The summed E-state index contributed by atoms with van der Waals surface area (Å²) in [6.45, 7) is 2.33. The van der Waals surface area contributed by atoms with E-state index in [0.717, 1.165) is 0 Å². The van der Waals surface area contributed by atoms with E-state index in [-0.39, 0.29) is 0 Å². The van der Waals surface area contributed by atoms with Gasteiger partial charge in [0.2, 0.25) is 5.88 Å². The number of nitrogens with one attached hydrogen (secondary N) is 1. The van der Waals surface area contributed by atoms with E-state index in [1.54, 1.807) is 30.3 Å². The van der Waals surface area contributed by atoms with Crippen LogP contribution >= 0.6 is 0 Å². The number of anilines is 1. The number of carboxylic acid groups (broad SMARTS) is 1. The average molecular weight is 273 g/mol. The number of rotatable bonds is 6. The highest BCUT2D eigenvalue weighted by atomic mass is 16.5. The monoisotopic (exact) mass is 273 g/mol. The third-order valence-electron chi connectivity index (χ3n) is 2.61. The van der Waals surface area contributed by atoms with Gasteiger partial charge < -0.3 is 15.2 Å². The molecule has 0 aliphatic carbocycles. The van der Waals surface area contributed by atoms with E-state index in [9.17, 15) is 9.90 Å². The van der Waals surface area contributed by atoms with Crippen LogP contribution in [0.1, 0.15) is 18.5 Å². The molecule has 0 saturated carbocycles. The Balaban J connectivity index is 2.21. The highest BCUT2D eigenvalue weighted by molar-refractivity contribution is 5.78. The molecule has 0 aliphatic heterocycles. The van der Waals surface area contributed by atoms with Crippen LogP contribution in [-0.4, -0.2) is 27.7 Å². The zero-order valence-electron chi connectivity index (χ0n) is 11.0. The quantitative estimate of drug-likeness (QED) is 0.838. The molecular formula is C14H15N3O3. The smallest absolute Gasteiger partial charge is 0.330 e. The number of benzene rings is 1. The predicted octanol–water partition coefficient (Wildman–Crippen LogP) is 2.11. The first-order valence-corrected chi connectivity index (χ1v) is 6.20. The van der Waals surface area contributed by atoms with Gasteiger partial charge in [0, 0.05) is 6.07 Å². The van der Waals surface area contributed by atoms with Gasteiger partial charge in [0.1, 0.15) is 12.1 Å². The van der Waals surface area contributed by atoms with Crippen molar-refractivity contribution in [3.05, 3.63) is 48.3 Å². The van der Waals surface area contributed by atoms with Gasteiger partial charge >= 0.3 is 5.97 Å². The minimum Gasteiger partial charge on any atom is -0.479 e. The number of ether oxygens (including phenoxy) is 1. The normalized spacial score (nSPS) is 11.7. The molecule has 0 bridgehead atoms. The van der Waals surface area contributed by atoms with Crippen molar-refractivity contribution < 1.29 is 14.6 Å². The lowest BCUT2D eigenvalue weighted by Crippen LogP contribution is -2.21. The molecule has 1 aromatic carbocycles. The van der Waals surface area contributed by atoms with Gasteiger partial charge in [-0.15, -0.1) is 0 Å². The van der Waals surface area contributed by atoms with Crippen molar-refractivity contribution in [3.63, 3.8) is 0 Å². The summed E-state index contributed by atoms with van der Waals surface area (Å²) >= 11 is 0. The van der Waals surface area contributed by atoms with Crippen LogP contribution in [0.2, 0.25) is 0 Å². The lowest BCUT2D eigenvalue weighted by Gasteiger charge is -2.15. The van der Waals surface area contributed by atoms with Crippen molar-refractivity contribution in [2.24, 2.45) is 0 Å². The molecule has 1 heterocycles. The Kier molecular flexibility index (Phi) is 4.49. The Bertz CT molecular complexity index is 575. The molecule has 1 unspecified atom stereocenters. The van der Waals surface area contributed by atoms with Gasteiger partial charge in [-0.3, -0.25) is 0 Å². The lowest BCUT2D eigenvalue weighted by atomic mass is 10.1. The Morgan fingerprint density at radius 1 is 1.35 bits per heavy atom. The molecule has 1 aromatic heterocycles. The second-order valence-electron chi connectivity index (χ2n) is 4.00. The van der Waals surface area contributed by atoms with Crippen molar-refractivity contribution >= 4 is 11.8 Å². The van der Waals surface area contributed by atoms with Crippen LogP contribution in [-0.2, 0) is 4.79 Å². The largest absolute Gasteiger partial charge is 0.479 e. The summed E-state index contributed by atoms with van der Waals surface area (Å²) in [6, 6.07) is 9.60. The van der Waals surface area contributed by atoms with E-state index in [1.165, 1.54) is 6.33 Å². The molecule has 0 spiro atoms. The minimum absolute atomic E-state index is 0.403. The number of hydrogen-bond acceptors (Lipinski definition) is 5. The first-order chi connectivity index (χ1) is 9.70. The highest BCUT2D eigenvalue weighted by Crippen LogP contribution is 2.20. The van der Waals surface area contributed by atoms with Crippen molar-refractivity contribution in [2.75, 3.05) is 11.9 Å². The van der Waals surface area contributed by atoms with Gasteiger partial charge in [0.05, 0.1) is 6.61 Å². The summed E-state index contributed by atoms with van der Waals surface area (Å²) < 4.78 is 5.26. The predicted molar refractivity (Wildman–Crippen MR) is 73.6 cm³/mol. The van der Waals surface area contributed by atoms with Gasteiger partial charge in [-0.1, -0.05) is 30.3 Å². The Hall–Kier alpha value is -2.63. The van der Waals surface area contributed by atoms with Gasteiger partial charge in [0.25, 0.3) is 0 Å². The zero-order chi connectivity index (χ0) is 14.4. The molecule has 2 aromatic rings. The molecule has 0 radical (unpaired) electrons. The van der Waals surface area contributed by atoms with Gasteiger partial charge in [-0.2, -0.15) is 0 Å². The minimum atomic E-state index is -0.979. The zero-order valence-corrected chi connectivity index (χ0v) is 11.0. The molecule has 20 heavy (non-hydrogen) atoms. The van der Waals surface area contributed by atoms with E-state index in [4.69, 9.17) is 4.74 Å². The van der Waals surface area contributed by atoms with Gasteiger partial charge in [-0.05, 0) is 12.5 Å². The first kappa shape index (κ1) is 13.8. The Morgan fingerprint density at radius 3 is 2.75 bits per heavy atom. The summed E-state index contributed by atoms with van der Waals surface area (Å²) in [5, 5.41) is 12.2. The standard InChI is InChI=1S/C14H15N3O3/c1-2-20-12-8-11(15-9-16-12)17-13(14(18)19)10-6-4-3-5-7-10/h3-9,13H,2H2,1H3,(H,18,19)(H,15,16,17). The lowest BCUT2D eigenvalue weighted by molar-refractivity contribution is -0.138. The van der Waals surface area contributed by atoms with Crippen LogP contribution in [0.15, 0.2) is 42.7 Å². The second-order valence-corrected chi connectivity index (χ2v) is 4.00. The van der Waals surface area contributed by atoms with Crippen molar-refractivity contribution in [2.45, 2.75) is 13.0 Å². The van der Waals surface area contributed by atoms with E-state index < -0.39 is 12.0 Å². The van der Waals surface area contributed by atoms with Crippen LogP contribution < -0.4 is 10.1 Å². The molecular weight excluding hydrogens is 258 g/mol. The summed E-state index contributed by atoms with van der Waals surface area (Å²) in [5.74, 6) is -0.172. The van der Waals surface area contributed by atoms with Crippen LogP contribution in [0.3, 0.4) is 0 Å². The number of carboxylic acids is 1. The third kappa shape index (κ3) is 3.44. The molecule has 2 rings (SSSR count). The van der Waals surface area contributed by atoms with Crippen LogP contribution in [0, 0.1) is 0 Å². The van der Waals surface area contributed by atoms with Gasteiger partial charge in [0.15, 0.2) is 6.04 Å². The summed E-state index contributed by atoms with van der Waals surface area (Å²) in [7, 11) is 0. The number of aliphatic carboxylic acids is 1. The van der Waals surface area contributed by atoms with Crippen molar-refractivity contribution in [1.29, 1.82) is 0 Å². The molecule has 6 nitrogen and oxygen atoms in total. The maximum absolute atomic E-state index is 11.4. The maximum Gasteiger partial charge on any atom is 0.330 e. The SMILES string of the molecule is CCOc1cc(NC(C(=O)O)c2ccccc2)ncn1. The molecule has 6 heteroatoms. The molecule has 2 N–H and O–H groups in total. The average Bonchev–Trinajstić information content (AvgIpc) is 2.46. The number of carbonyl (C=O) groups is 1. The first-order valence-electron chi connectivity index (χ1n) is 6.20. The van der Waals surface area contributed by atoms with Crippen molar-refractivity contribution in [3.8, 4) is 5.88 Å².